The van der Waals surface area contributed by atoms with Gasteiger partial charge in [-0.3, -0.25) is 25.0 Å². The molecule has 2 aromatic carbocycles. The Labute approximate surface area is 147 Å². The first-order chi connectivity index (χ1) is 11.5. The molecule has 1 N–H and O–H groups in total. The molecule has 11 heteroatoms. The van der Waals surface area contributed by atoms with Crippen molar-refractivity contribution in [3.8, 4) is 0 Å². The number of halogens is 1. The molecule has 0 unspecified atom stereocenters. The predicted octanol–water partition coefficient (Wildman–Crippen LogP) is 3.57. The van der Waals surface area contributed by atoms with Crippen LogP contribution in [0.5, 0.6) is 0 Å². The predicted molar refractivity (Wildman–Crippen MR) is 91.5 cm³/mol. The second kappa shape index (κ2) is 6.65. The van der Waals surface area contributed by atoms with Crippen LogP contribution in [-0.2, 0) is 10.0 Å². The van der Waals surface area contributed by atoms with Crippen molar-refractivity contribution >= 4 is 38.7 Å². The van der Waals surface area contributed by atoms with E-state index in [1.165, 1.54) is 25.1 Å². The van der Waals surface area contributed by atoms with Crippen molar-refractivity contribution in [2.75, 3.05) is 4.72 Å². The maximum absolute atomic E-state index is 12.6. The minimum absolute atomic E-state index is 0.0836. The summed E-state index contributed by atoms with van der Waals surface area (Å²) in [5.41, 5.74) is -0.155. The Hall–Kier alpha value is -2.72. The van der Waals surface area contributed by atoms with Gasteiger partial charge in [0, 0.05) is 18.2 Å². The Morgan fingerprint density at radius 2 is 1.68 bits per heavy atom. The number of nitro groups is 2. The second-order valence-corrected chi connectivity index (χ2v) is 7.23. The summed E-state index contributed by atoms with van der Waals surface area (Å²) >= 11 is 5.69. The lowest BCUT2D eigenvalue weighted by Gasteiger charge is -2.12. The topological polar surface area (TPSA) is 132 Å². The third-order valence-electron chi connectivity index (χ3n) is 3.50. The average molecular weight is 386 g/mol. The van der Waals surface area contributed by atoms with Gasteiger partial charge >= 0.3 is 0 Å². The number of hydrogen-bond donors (Lipinski definition) is 1. The summed E-state index contributed by atoms with van der Waals surface area (Å²) in [6.07, 6.45) is 0. The van der Waals surface area contributed by atoms with Crippen molar-refractivity contribution in [2.45, 2.75) is 18.7 Å². The molecule has 0 radical (unpaired) electrons. The number of non-ortho nitro benzene ring substituents is 1. The Kier molecular flexibility index (Phi) is 4.95. The van der Waals surface area contributed by atoms with Crippen LogP contribution in [0.2, 0.25) is 5.02 Å². The van der Waals surface area contributed by atoms with Crippen molar-refractivity contribution in [3.05, 3.63) is 66.7 Å². The fourth-order valence-electron chi connectivity index (χ4n) is 2.12. The first-order valence-electron chi connectivity index (χ1n) is 6.75. The van der Waals surface area contributed by atoms with Crippen molar-refractivity contribution in [1.29, 1.82) is 0 Å². The molecule has 0 amide bonds. The fourth-order valence-corrected chi connectivity index (χ4v) is 3.69. The highest BCUT2D eigenvalue weighted by Crippen LogP contribution is 2.30. The minimum atomic E-state index is -4.20. The lowest BCUT2D eigenvalue weighted by Crippen LogP contribution is -2.15. The third-order valence-corrected chi connectivity index (χ3v) is 5.33. The van der Waals surface area contributed by atoms with Crippen LogP contribution in [0.15, 0.2) is 35.2 Å². The van der Waals surface area contributed by atoms with Gasteiger partial charge in [-0.15, -0.1) is 0 Å². The number of rotatable bonds is 5. The highest BCUT2D eigenvalue weighted by atomic mass is 35.5. The summed E-state index contributed by atoms with van der Waals surface area (Å²) in [4.78, 5) is 20.1. The Balaban J connectivity index is 2.52. The van der Waals surface area contributed by atoms with E-state index in [1.807, 2.05) is 0 Å². The van der Waals surface area contributed by atoms with Crippen molar-refractivity contribution < 1.29 is 18.3 Å². The zero-order valence-electron chi connectivity index (χ0n) is 13.0. The average Bonchev–Trinajstić information content (AvgIpc) is 2.50. The molecule has 0 aromatic heterocycles. The third kappa shape index (κ3) is 3.86. The van der Waals surface area contributed by atoms with Gasteiger partial charge in [0.2, 0.25) is 0 Å². The summed E-state index contributed by atoms with van der Waals surface area (Å²) in [6, 6.07) is 5.62. The molecule has 0 fully saturated rings. The molecule has 0 spiro atoms. The van der Waals surface area contributed by atoms with Crippen LogP contribution in [0.25, 0.3) is 0 Å². The quantitative estimate of drug-likeness (QED) is 0.617. The highest BCUT2D eigenvalue weighted by molar-refractivity contribution is 7.92. The number of benzene rings is 2. The molecule has 0 saturated carbocycles. The van der Waals surface area contributed by atoms with Crippen molar-refractivity contribution in [2.24, 2.45) is 0 Å². The van der Waals surface area contributed by atoms with E-state index in [9.17, 15) is 28.6 Å². The molecule has 2 aromatic rings. The molecular formula is C14H12ClN3O6S. The van der Waals surface area contributed by atoms with Gasteiger partial charge in [-0.1, -0.05) is 11.6 Å². The monoisotopic (exact) mass is 385 g/mol. The number of nitrogens with zero attached hydrogens (tertiary/aromatic N) is 2. The van der Waals surface area contributed by atoms with Gasteiger partial charge in [0.05, 0.1) is 20.4 Å². The summed E-state index contributed by atoms with van der Waals surface area (Å²) in [5.74, 6) is 0. The number of sulfonamides is 1. The first-order valence-corrected chi connectivity index (χ1v) is 8.61. The minimum Gasteiger partial charge on any atom is -0.279 e. The van der Waals surface area contributed by atoms with E-state index < -0.39 is 25.6 Å². The molecule has 132 valence electrons. The van der Waals surface area contributed by atoms with E-state index in [0.29, 0.717) is 11.1 Å². The van der Waals surface area contributed by atoms with Gasteiger partial charge in [0.1, 0.15) is 5.02 Å². The highest BCUT2D eigenvalue weighted by Gasteiger charge is 2.23. The smallest absolute Gasteiger partial charge is 0.279 e. The van der Waals surface area contributed by atoms with Gasteiger partial charge < -0.3 is 0 Å². The molecule has 2 rings (SSSR count). The Morgan fingerprint density at radius 3 is 2.24 bits per heavy atom. The molecule has 0 saturated heterocycles. The zero-order chi connectivity index (χ0) is 18.9. The molecule has 9 nitrogen and oxygen atoms in total. The zero-order valence-corrected chi connectivity index (χ0v) is 14.6. The number of anilines is 1. The number of hydrogen-bond acceptors (Lipinski definition) is 6. The maximum Gasteiger partial charge on any atom is 0.289 e. The fraction of sp³-hybridized carbons (Fsp3) is 0.143. The molecular weight excluding hydrogens is 374 g/mol. The normalized spacial score (nSPS) is 11.2. The Bertz CT molecular complexity index is 990. The summed E-state index contributed by atoms with van der Waals surface area (Å²) in [7, 11) is -4.20. The van der Waals surface area contributed by atoms with Gasteiger partial charge in [-0.2, -0.15) is 0 Å². The van der Waals surface area contributed by atoms with E-state index in [4.69, 9.17) is 11.6 Å². The van der Waals surface area contributed by atoms with Gasteiger partial charge in [-0.25, -0.2) is 8.42 Å². The van der Waals surface area contributed by atoms with Crippen LogP contribution in [0.3, 0.4) is 0 Å². The molecule has 25 heavy (non-hydrogen) atoms. The van der Waals surface area contributed by atoms with Crippen molar-refractivity contribution in [1.82, 2.24) is 0 Å². The first kappa shape index (κ1) is 18.6. The van der Waals surface area contributed by atoms with Crippen LogP contribution in [-0.4, -0.2) is 18.3 Å². The van der Waals surface area contributed by atoms with E-state index >= 15 is 0 Å². The van der Waals surface area contributed by atoms with E-state index in [1.54, 1.807) is 6.92 Å². The summed E-state index contributed by atoms with van der Waals surface area (Å²) in [6.45, 7) is 3.06. The summed E-state index contributed by atoms with van der Waals surface area (Å²) in [5, 5.41) is 21.7. The van der Waals surface area contributed by atoms with Gasteiger partial charge in [-0.05, 0) is 37.1 Å². The van der Waals surface area contributed by atoms with Gasteiger partial charge in [0.15, 0.2) is 0 Å². The van der Waals surface area contributed by atoms with E-state index in [-0.39, 0.29) is 21.3 Å². The van der Waals surface area contributed by atoms with E-state index in [2.05, 4.69) is 4.72 Å². The number of nitrogens with one attached hydrogen (secondary N) is 1. The van der Waals surface area contributed by atoms with Crippen LogP contribution in [0.4, 0.5) is 17.1 Å². The maximum atomic E-state index is 12.6. The lowest BCUT2D eigenvalue weighted by molar-refractivity contribution is -0.385. The summed E-state index contributed by atoms with van der Waals surface area (Å²) < 4.78 is 27.3. The molecule has 0 aliphatic heterocycles. The molecule has 0 heterocycles. The molecule has 0 aliphatic carbocycles. The Morgan fingerprint density at radius 1 is 1.04 bits per heavy atom. The van der Waals surface area contributed by atoms with Crippen molar-refractivity contribution in [3.63, 3.8) is 0 Å². The van der Waals surface area contributed by atoms with E-state index in [0.717, 1.165) is 12.1 Å². The van der Waals surface area contributed by atoms with Crippen LogP contribution >= 0.6 is 11.6 Å². The molecule has 0 atom stereocenters. The van der Waals surface area contributed by atoms with Crippen LogP contribution < -0.4 is 4.72 Å². The van der Waals surface area contributed by atoms with Gasteiger partial charge in [0.25, 0.3) is 21.4 Å². The molecule has 0 bridgehead atoms. The number of aryl methyl sites for hydroxylation is 1. The second-order valence-electron chi connectivity index (χ2n) is 5.17. The largest absolute Gasteiger partial charge is 0.289 e. The number of nitro benzene ring substituents is 2. The SMILES string of the molecule is Cc1cc([N+](=O)[O-])cc(S(=O)(=O)Nc2ccc(Cl)c([N+](=O)[O-])c2)c1C. The standard InChI is InChI=1S/C14H12ClN3O6S/c1-8-5-11(17(19)20)7-14(9(8)2)25(23,24)16-10-3-4-12(15)13(6-10)18(21)22/h3-7,16H,1-2H3. The van der Waals surface area contributed by atoms with Crippen LogP contribution in [0, 0.1) is 34.1 Å². The lowest BCUT2D eigenvalue weighted by atomic mass is 10.1. The molecule has 0 aliphatic rings. The van der Waals surface area contributed by atoms with Crippen LogP contribution in [0.1, 0.15) is 11.1 Å².